The van der Waals surface area contributed by atoms with E-state index in [9.17, 15) is 5.11 Å². The van der Waals surface area contributed by atoms with Crippen molar-refractivity contribution in [3.8, 4) is 5.88 Å². The highest BCUT2D eigenvalue weighted by atomic mass is 16.5. The molecule has 0 aliphatic heterocycles. The number of imidazole rings is 1. The van der Waals surface area contributed by atoms with Crippen molar-refractivity contribution in [3.63, 3.8) is 0 Å². The summed E-state index contributed by atoms with van der Waals surface area (Å²) in [4.78, 5) is 6.47. The lowest BCUT2D eigenvalue weighted by Crippen LogP contribution is -1.94. The summed E-state index contributed by atoms with van der Waals surface area (Å²) < 4.78 is 5.41. The quantitative estimate of drug-likeness (QED) is 0.798. The maximum atomic E-state index is 9.23. The Hall–Kier alpha value is -1.81. The molecule has 0 radical (unpaired) electrons. The lowest BCUT2D eigenvalue weighted by Gasteiger charge is -2.02. The number of benzene rings is 1. The standard InChI is InChI=1S/C11H12N2O2/c14-11-10(12-8-13-11)7-15-6-9-4-2-1-3-5-9/h1-5,8,14H,6-7H2,(H,12,13). The van der Waals surface area contributed by atoms with Crippen LogP contribution in [0.4, 0.5) is 0 Å². The molecule has 0 aliphatic rings. The van der Waals surface area contributed by atoms with Crippen LogP contribution >= 0.6 is 0 Å². The van der Waals surface area contributed by atoms with Crippen molar-refractivity contribution < 1.29 is 9.84 Å². The summed E-state index contributed by atoms with van der Waals surface area (Å²) in [6, 6.07) is 9.88. The van der Waals surface area contributed by atoms with Crippen LogP contribution in [0.5, 0.6) is 5.88 Å². The van der Waals surface area contributed by atoms with Gasteiger partial charge in [0, 0.05) is 0 Å². The minimum atomic E-state index is 0.00283. The third-order valence-electron chi connectivity index (χ3n) is 2.05. The fraction of sp³-hybridized carbons (Fsp3) is 0.182. The van der Waals surface area contributed by atoms with E-state index in [1.54, 1.807) is 0 Å². The molecule has 1 aromatic carbocycles. The van der Waals surface area contributed by atoms with Gasteiger partial charge < -0.3 is 14.8 Å². The predicted octanol–water partition coefficient (Wildman–Crippen LogP) is 1.83. The molecule has 0 aliphatic carbocycles. The number of nitrogens with one attached hydrogen (secondary N) is 1. The van der Waals surface area contributed by atoms with E-state index in [0.717, 1.165) is 5.56 Å². The average molecular weight is 204 g/mol. The van der Waals surface area contributed by atoms with Crippen LogP contribution in [-0.2, 0) is 18.0 Å². The van der Waals surface area contributed by atoms with E-state index in [-0.39, 0.29) is 5.88 Å². The first-order valence-electron chi connectivity index (χ1n) is 4.69. The summed E-state index contributed by atoms with van der Waals surface area (Å²) >= 11 is 0. The smallest absolute Gasteiger partial charge is 0.234 e. The van der Waals surface area contributed by atoms with E-state index in [2.05, 4.69) is 9.97 Å². The molecule has 4 heteroatoms. The van der Waals surface area contributed by atoms with Crippen molar-refractivity contribution in [2.24, 2.45) is 0 Å². The molecule has 0 unspecified atom stereocenters. The highest BCUT2D eigenvalue weighted by Crippen LogP contribution is 2.11. The molecule has 0 bridgehead atoms. The van der Waals surface area contributed by atoms with Crippen LogP contribution in [0.2, 0.25) is 0 Å². The predicted molar refractivity (Wildman–Crippen MR) is 55.2 cm³/mol. The number of hydrogen-bond acceptors (Lipinski definition) is 3. The van der Waals surface area contributed by atoms with E-state index >= 15 is 0 Å². The second-order valence-electron chi connectivity index (χ2n) is 3.18. The second-order valence-corrected chi connectivity index (χ2v) is 3.18. The first-order chi connectivity index (χ1) is 7.36. The molecule has 0 saturated heterocycles. The Labute approximate surface area is 87.6 Å². The number of aromatic hydroxyl groups is 1. The molecule has 0 amide bonds. The third kappa shape index (κ3) is 2.57. The molecule has 78 valence electrons. The van der Waals surface area contributed by atoms with Gasteiger partial charge in [0.15, 0.2) is 0 Å². The van der Waals surface area contributed by atoms with Crippen molar-refractivity contribution in [2.75, 3.05) is 0 Å². The minimum absolute atomic E-state index is 0.00283. The number of nitrogens with zero attached hydrogens (tertiary/aromatic N) is 1. The van der Waals surface area contributed by atoms with Gasteiger partial charge in [-0.1, -0.05) is 30.3 Å². The van der Waals surface area contributed by atoms with Gasteiger partial charge in [0.05, 0.1) is 19.5 Å². The Bertz CT molecular complexity index is 412. The van der Waals surface area contributed by atoms with Gasteiger partial charge in [-0.3, -0.25) is 0 Å². The minimum Gasteiger partial charge on any atom is -0.492 e. The van der Waals surface area contributed by atoms with Gasteiger partial charge in [-0.25, -0.2) is 4.98 Å². The number of aromatic amines is 1. The van der Waals surface area contributed by atoms with Gasteiger partial charge in [0.1, 0.15) is 5.69 Å². The summed E-state index contributed by atoms with van der Waals surface area (Å²) in [6.45, 7) is 0.861. The Balaban J connectivity index is 1.83. The van der Waals surface area contributed by atoms with Crippen molar-refractivity contribution in [2.45, 2.75) is 13.2 Å². The first kappa shape index (κ1) is 9.73. The molecule has 2 aromatic rings. The molecule has 2 rings (SSSR count). The zero-order valence-corrected chi connectivity index (χ0v) is 8.18. The van der Waals surface area contributed by atoms with E-state index in [1.165, 1.54) is 6.33 Å². The van der Waals surface area contributed by atoms with Crippen molar-refractivity contribution in [1.29, 1.82) is 0 Å². The van der Waals surface area contributed by atoms with Gasteiger partial charge in [0.25, 0.3) is 0 Å². The molecule has 0 fully saturated rings. The molecule has 0 atom stereocenters. The summed E-state index contributed by atoms with van der Waals surface area (Å²) in [5.41, 5.74) is 1.71. The molecule has 1 heterocycles. The van der Waals surface area contributed by atoms with Crippen LogP contribution in [0.1, 0.15) is 11.3 Å². The van der Waals surface area contributed by atoms with Crippen molar-refractivity contribution in [3.05, 3.63) is 47.9 Å². The van der Waals surface area contributed by atoms with Gasteiger partial charge in [-0.15, -0.1) is 0 Å². The SMILES string of the molecule is Oc1nc[nH]c1COCc1ccccc1. The molecular formula is C11H12N2O2. The number of rotatable bonds is 4. The van der Waals surface area contributed by atoms with E-state index in [0.29, 0.717) is 18.9 Å². The number of H-pyrrole nitrogens is 1. The molecule has 4 nitrogen and oxygen atoms in total. The average Bonchev–Trinajstić information content (AvgIpc) is 2.66. The molecular weight excluding hydrogens is 192 g/mol. The lowest BCUT2D eigenvalue weighted by atomic mass is 10.2. The summed E-state index contributed by atoms with van der Waals surface area (Å²) in [7, 11) is 0. The summed E-state index contributed by atoms with van der Waals surface area (Å²) in [6.07, 6.45) is 1.44. The van der Waals surface area contributed by atoms with E-state index < -0.39 is 0 Å². The van der Waals surface area contributed by atoms with Gasteiger partial charge in [0.2, 0.25) is 5.88 Å². The number of ether oxygens (including phenoxy) is 1. The topological polar surface area (TPSA) is 58.1 Å². The molecule has 1 aromatic heterocycles. The lowest BCUT2D eigenvalue weighted by molar-refractivity contribution is 0.103. The van der Waals surface area contributed by atoms with Gasteiger partial charge >= 0.3 is 0 Å². The van der Waals surface area contributed by atoms with Crippen LogP contribution in [0.25, 0.3) is 0 Å². The molecule has 2 N–H and O–H groups in total. The highest BCUT2D eigenvalue weighted by Gasteiger charge is 2.02. The maximum Gasteiger partial charge on any atom is 0.234 e. The van der Waals surface area contributed by atoms with Crippen molar-refractivity contribution >= 4 is 0 Å². The van der Waals surface area contributed by atoms with E-state index in [4.69, 9.17) is 4.74 Å². The largest absolute Gasteiger partial charge is 0.492 e. The van der Waals surface area contributed by atoms with Crippen molar-refractivity contribution in [1.82, 2.24) is 9.97 Å². The Kier molecular flexibility index (Phi) is 2.99. The maximum absolute atomic E-state index is 9.23. The van der Waals surface area contributed by atoms with Gasteiger partial charge in [-0.05, 0) is 5.56 Å². The monoisotopic (exact) mass is 204 g/mol. The highest BCUT2D eigenvalue weighted by molar-refractivity contribution is 5.15. The zero-order chi connectivity index (χ0) is 10.5. The Morgan fingerprint density at radius 1 is 1.20 bits per heavy atom. The normalized spacial score (nSPS) is 10.4. The number of hydrogen-bond donors (Lipinski definition) is 2. The van der Waals surface area contributed by atoms with E-state index in [1.807, 2.05) is 30.3 Å². The third-order valence-corrected chi connectivity index (χ3v) is 2.05. The van der Waals surface area contributed by atoms with Crippen LogP contribution in [-0.4, -0.2) is 15.1 Å². The van der Waals surface area contributed by atoms with Crippen LogP contribution in [0.15, 0.2) is 36.7 Å². The fourth-order valence-corrected chi connectivity index (χ4v) is 1.27. The second kappa shape index (κ2) is 4.61. The summed E-state index contributed by atoms with van der Waals surface area (Å²) in [5, 5.41) is 9.23. The summed E-state index contributed by atoms with van der Waals surface area (Å²) in [5.74, 6) is 0.00283. The molecule has 15 heavy (non-hydrogen) atoms. The number of aromatic nitrogens is 2. The first-order valence-corrected chi connectivity index (χ1v) is 4.69. The van der Waals surface area contributed by atoms with Crippen LogP contribution in [0, 0.1) is 0 Å². The molecule has 0 spiro atoms. The fourth-order valence-electron chi connectivity index (χ4n) is 1.27. The zero-order valence-electron chi connectivity index (χ0n) is 8.18. The van der Waals surface area contributed by atoms with Gasteiger partial charge in [-0.2, -0.15) is 0 Å². The Morgan fingerprint density at radius 3 is 2.67 bits per heavy atom. The Morgan fingerprint density at radius 2 is 2.00 bits per heavy atom. The van der Waals surface area contributed by atoms with Crippen LogP contribution in [0.3, 0.4) is 0 Å². The molecule has 0 saturated carbocycles. The van der Waals surface area contributed by atoms with Crippen LogP contribution < -0.4 is 0 Å².